The minimum Gasteiger partial charge on any atom is -0.494 e. The van der Waals surface area contributed by atoms with Gasteiger partial charge in [-0.25, -0.2) is 9.97 Å². The summed E-state index contributed by atoms with van der Waals surface area (Å²) in [6, 6.07) is 5.64. The van der Waals surface area contributed by atoms with Gasteiger partial charge in [-0.05, 0) is 17.7 Å². The Morgan fingerprint density at radius 1 is 1.36 bits per heavy atom. The minimum atomic E-state index is 0. The van der Waals surface area contributed by atoms with Crippen molar-refractivity contribution in [3.8, 4) is 5.75 Å². The topological polar surface area (TPSA) is 35.0 Å². The average molecular weight is 231 g/mol. The number of aromatic nitrogens is 2. The number of rotatable bonds is 1. The number of benzene rings is 1. The van der Waals surface area contributed by atoms with Crippen LogP contribution in [0.4, 0.5) is 0 Å². The number of halogens is 2. The van der Waals surface area contributed by atoms with E-state index in [4.69, 9.17) is 16.3 Å². The van der Waals surface area contributed by atoms with E-state index in [1.54, 1.807) is 13.3 Å². The molecule has 0 aliphatic rings. The third-order valence-electron chi connectivity index (χ3n) is 1.76. The molecule has 5 heteroatoms. The van der Waals surface area contributed by atoms with Crippen LogP contribution in [-0.4, -0.2) is 17.1 Å². The van der Waals surface area contributed by atoms with Gasteiger partial charge >= 0.3 is 0 Å². The smallest absolute Gasteiger partial charge is 0.223 e. The molecular weight excluding hydrogens is 223 g/mol. The van der Waals surface area contributed by atoms with E-state index in [9.17, 15) is 0 Å². The largest absolute Gasteiger partial charge is 0.494 e. The van der Waals surface area contributed by atoms with Crippen LogP contribution in [0.5, 0.6) is 5.75 Å². The van der Waals surface area contributed by atoms with Crippen LogP contribution in [0.3, 0.4) is 0 Å². The predicted molar refractivity (Wildman–Crippen MR) is 58.3 cm³/mol. The molecule has 1 aromatic carbocycles. The molecule has 3 nitrogen and oxygen atoms in total. The summed E-state index contributed by atoms with van der Waals surface area (Å²) in [7, 11) is 1.60. The molecule has 0 unspecified atom stereocenters. The highest BCUT2D eigenvalue weighted by Gasteiger charge is 2.02. The summed E-state index contributed by atoms with van der Waals surface area (Å²) in [6.07, 6.45) is 1.67. The second kappa shape index (κ2) is 4.44. The van der Waals surface area contributed by atoms with E-state index in [1.807, 2.05) is 18.2 Å². The highest BCUT2D eigenvalue weighted by Crippen LogP contribution is 2.23. The van der Waals surface area contributed by atoms with Crippen molar-refractivity contribution in [3.05, 3.63) is 29.7 Å². The van der Waals surface area contributed by atoms with Gasteiger partial charge in [0, 0.05) is 11.6 Å². The van der Waals surface area contributed by atoms with E-state index < -0.39 is 0 Å². The molecule has 0 fully saturated rings. The summed E-state index contributed by atoms with van der Waals surface area (Å²) in [5, 5.41) is 1.15. The molecule has 0 amide bonds. The van der Waals surface area contributed by atoms with Gasteiger partial charge in [0.15, 0.2) is 0 Å². The first-order chi connectivity index (χ1) is 6.31. The molecule has 2 aromatic rings. The highest BCUT2D eigenvalue weighted by molar-refractivity contribution is 6.28. The molecule has 0 atom stereocenters. The van der Waals surface area contributed by atoms with E-state index in [2.05, 4.69) is 9.97 Å². The summed E-state index contributed by atoms with van der Waals surface area (Å²) in [4.78, 5) is 7.96. The van der Waals surface area contributed by atoms with Crippen LogP contribution in [0.1, 0.15) is 0 Å². The first-order valence-electron chi connectivity index (χ1n) is 3.76. The SMILES string of the molecule is COc1cccc2cnc(Cl)nc12.Cl. The van der Waals surface area contributed by atoms with Gasteiger partial charge in [-0.3, -0.25) is 0 Å². The van der Waals surface area contributed by atoms with Crippen molar-refractivity contribution in [2.24, 2.45) is 0 Å². The van der Waals surface area contributed by atoms with Crippen LogP contribution in [0.25, 0.3) is 10.9 Å². The van der Waals surface area contributed by atoms with Crippen molar-refractivity contribution in [2.75, 3.05) is 7.11 Å². The molecule has 0 saturated heterocycles. The van der Waals surface area contributed by atoms with Gasteiger partial charge in [0.1, 0.15) is 11.3 Å². The minimum absolute atomic E-state index is 0. The molecule has 0 N–H and O–H groups in total. The lowest BCUT2D eigenvalue weighted by Crippen LogP contribution is -1.89. The zero-order valence-corrected chi connectivity index (χ0v) is 8.97. The Labute approximate surface area is 92.5 Å². The Hall–Kier alpha value is -1.06. The van der Waals surface area contributed by atoms with Crippen molar-refractivity contribution in [1.29, 1.82) is 0 Å². The Morgan fingerprint density at radius 2 is 2.14 bits per heavy atom. The maximum absolute atomic E-state index is 5.67. The van der Waals surface area contributed by atoms with Crippen molar-refractivity contribution in [2.45, 2.75) is 0 Å². The summed E-state index contributed by atoms with van der Waals surface area (Å²) < 4.78 is 5.13. The van der Waals surface area contributed by atoms with E-state index >= 15 is 0 Å². The van der Waals surface area contributed by atoms with Crippen LogP contribution >= 0.6 is 24.0 Å². The lowest BCUT2D eigenvalue weighted by molar-refractivity contribution is 0.419. The Kier molecular flexibility index (Phi) is 3.49. The quantitative estimate of drug-likeness (QED) is 0.707. The summed E-state index contributed by atoms with van der Waals surface area (Å²) in [5.74, 6) is 0.710. The fourth-order valence-electron chi connectivity index (χ4n) is 1.17. The molecule has 0 spiro atoms. The Bertz CT molecular complexity index is 448. The Morgan fingerprint density at radius 3 is 2.86 bits per heavy atom. The second-order valence-electron chi connectivity index (χ2n) is 2.54. The molecule has 74 valence electrons. The summed E-state index contributed by atoms with van der Waals surface area (Å²) in [5.41, 5.74) is 0.741. The normalized spacial score (nSPS) is 9.57. The first kappa shape index (κ1) is 11.0. The average Bonchev–Trinajstić information content (AvgIpc) is 2.17. The maximum Gasteiger partial charge on any atom is 0.223 e. The predicted octanol–water partition coefficient (Wildman–Crippen LogP) is 2.71. The van der Waals surface area contributed by atoms with E-state index in [-0.39, 0.29) is 17.7 Å². The van der Waals surface area contributed by atoms with Crippen LogP contribution in [-0.2, 0) is 0 Å². The summed E-state index contributed by atoms with van der Waals surface area (Å²) >= 11 is 5.67. The number of ether oxygens (including phenoxy) is 1. The molecule has 0 bridgehead atoms. The number of nitrogens with zero attached hydrogens (tertiary/aromatic N) is 2. The standard InChI is InChI=1S/C9H7ClN2O.ClH/c1-13-7-4-2-3-6-5-11-9(10)12-8(6)7;/h2-5H,1H3;1H. The summed E-state index contributed by atoms with van der Waals surface area (Å²) in [6.45, 7) is 0. The van der Waals surface area contributed by atoms with Crippen LogP contribution in [0.15, 0.2) is 24.4 Å². The van der Waals surface area contributed by atoms with Crippen molar-refractivity contribution >= 4 is 34.9 Å². The molecule has 14 heavy (non-hydrogen) atoms. The van der Waals surface area contributed by atoms with Crippen LogP contribution in [0.2, 0.25) is 5.28 Å². The molecular formula is C9H8Cl2N2O. The van der Waals surface area contributed by atoms with Gasteiger partial charge in [0.25, 0.3) is 0 Å². The molecule has 0 saturated carbocycles. The van der Waals surface area contributed by atoms with Gasteiger partial charge < -0.3 is 4.74 Å². The zero-order chi connectivity index (χ0) is 9.26. The monoisotopic (exact) mass is 230 g/mol. The molecule has 1 aromatic heterocycles. The molecule has 0 aliphatic heterocycles. The fourth-order valence-corrected chi connectivity index (χ4v) is 1.31. The van der Waals surface area contributed by atoms with E-state index in [0.717, 1.165) is 10.9 Å². The second-order valence-corrected chi connectivity index (χ2v) is 2.88. The van der Waals surface area contributed by atoms with Crippen molar-refractivity contribution in [1.82, 2.24) is 9.97 Å². The third-order valence-corrected chi connectivity index (χ3v) is 1.95. The van der Waals surface area contributed by atoms with Gasteiger partial charge in [-0.2, -0.15) is 0 Å². The number of fused-ring (bicyclic) bond motifs is 1. The third kappa shape index (κ3) is 1.89. The van der Waals surface area contributed by atoms with E-state index in [0.29, 0.717) is 5.75 Å². The van der Waals surface area contributed by atoms with Gasteiger partial charge in [-0.15, -0.1) is 12.4 Å². The lowest BCUT2D eigenvalue weighted by Gasteiger charge is -2.02. The molecule has 0 radical (unpaired) electrons. The van der Waals surface area contributed by atoms with E-state index in [1.165, 1.54) is 0 Å². The molecule has 2 rings (SSSR count). The van der Waals surface area contributed by atoms with Crippen LogP contribution < -0.4 is 4.74 Å². The molecule has 0 aliphatic carbocycles. The zero-order valence-electron chi connectivity index (χ0n) is 7.40. The van der Waals surface area contributed by atoms with Crippen molar-refractivity contribution in [3.63, 3.8) is 0 Å². The maximum atomic E-state index is 5.67. The molecule has 1 heterocycles. The fraction of sp³-hybridized carbons (Fsp3) is 0.111. The first-order valence-corrected chi connectivity index (χ1v) is 4.14. The number of hydrogen-bond donors (Lipinski definition) is 0. The van der Waals surface area contributed by atoms with Gasteiger partial charge in [-0.1, -0.05) is 12.1 Å². The number of methoxy groups -OCH3 is 1. The highest BCUT2D eigenvalue weighted by atomic mass is 35.5. The number of para-hydroxylation sites is 1. The van der Waals surface area contributed by atoms with Crippen molar-refractivity contribution < 1.29 is 4.74 Å². The Balaban J connectivity index is 0.000000980. The number of hydrogen-bond acceptors (Lipinski definition) is 3. The lowest BCUT2D eigenvalue weighted by atomic mass is 10.2. The van der Waals surface area contributed by atoms with Gasteiger partial charge in [0.05, 0.1) is 7.11 Å². The van der Waals surface area contributed by atoms with Crippen LogP contribution in [0, 0.1) is 0 Å². The van der Waals surface area contributed by atoms with Gasteiger partial charge in [0.2, 0.25) is 5.28 Å².